The van der Waals surface area contributed by atoms with Gasteiger partial charge >= 0.3 is 0 Å². The fraction of sp³-hybridized carbons (Fsp3) is 0. The second kappa shape index (κ2) is 2.02. The van der Waals surface area contributed by atoms with Crippen molar-refractivity contribution in [1.29, 1.82) is 0 Å². The smallest absolute Gasteiger partial charge is 0.162 e. The molecule has 0 spiro atoms. The number of nitrogens with zero attached hydrogens (tertiary/aromatic N) is 2. The SMILES string of the molecule is C1=CN=C(c2ccoc2)[N]1. The fourth-order valence-electron chi connectivity index (χ4n) is 0.782. The second-order valence-corrected chi connectivity index (χ2v) is 1.89. The van der Waals surface area contributed by atoms with Crippen LogP contribution in [0.5, 0.6) is 0 Å². The summed E-state index contributed by atoms with van der Waals surface area (Å²) in [6.07, 6.45) is 6.53. The van der Waals surface area contributed by atoms with Crippen molar-refractivity contribution < 1.29 is 4.42 Å². The van der Waals surface area contributed by atoms with Crippen LogP contribution in [0.15, 0.2) is 40.4 Å². The van der Waals surface area contributed by atoms with Crippen LogP contribution in [-0.4, -0.2) is 5.84 Å². The van der Waals surface area contributed by atoms with Gasteiger partial charge in [0.1, 0.15) is 6.26 Å². The average Bonchev–Trinajstić information content (AvgIpc) is 2.59. The van der Waals surface area contributed by atoms with Crippen LogP contribution in [0.4, 0.5) is 0 Å². The Labute approximate surface area is 58.1 Å². The van der Waals surface area contributed by atoms with Crippen LogP contribution >= 0.6 is 0 Å². The van der Waals surface area contributed by atoms with Gasteiger partial charge in [-0.25, -0.2) is 10.3 Å². The summed E-state index contributed by atoms with van der Waals surface area (Å²) in [5.41, 5.74) is 0.921. The van der Waals surface area contributed by atoms with Crippen molar-refractivity contribution in [2.24, 2.45) is 4.99 Å². The lowest BCUT2D eigenvalue weighted by molar-refractivity contribution is 0.566. The Morgan fingerprint density at radius 3 is 2.90 bits per heavy atom. The minimum absolute atomic E-state index is 0.716. The molecular weight excluding hydrogens is 128 g/mol. The molecule has 1 aromatic heterocycles. The third-order valence-electron chi connectivity index (χ3n) is 1.24. The van der Waals surface area contributed by atoms with Crippen molar-refractivity contribution in [2.45, 2.75) is 0 Å². The lowest BCUT2D eigenvalue weighted by atomic mass is 10.3. The second-order valence-electron chi connectivity index (χ2n) is 1.89. The van der Waals surface area contributed by atoms with E-state index in [1.54, 1.807) is 24.9 Å². The summed E-state index contributed by atoms with van der Waals surface area (Å²) in [6, 6.07) is 1.83. The summed E-state index contributed by atoms with van der Waals surface area (Å²) in [5, 5.41) is 3.99. The molecule has 0 aromatic carbocycles. The molecule has 0 atom stereocenters. The van der Waals surface area contributed by atoms with Gasteiger partial charge < -0.3 is 4.42 Å². The van der Waals surface area contributed by atoms with Crippen LogP contribution in [0.2, 0.25) is 0 Å². The fourth-order valence-corrected chi connectivity index (χ4v) is 0.782. The molecule has 3 heteroatoms. The highest BCUT2D eigenvalue weighted by atomic mass is 16.3. The Morgan fingerprint density at radius 1 is 1.30 bits per heavy atom. The Bertz CT molecular complexity index is 272. The molecule has 10 heavy (non-hydrogen) atoms. The third-order valence-corrected chi connectivity index (χ3v) is 1.24. The van der Waals surface area contributed by atoms with Gasteiger partial charge in [-0.05, 0) is 6.07 Å². The maximum Gasteiger partial charge on any atom is 0.162 e. The van der Waals surface area contributed by atoms with Gasteiger partial charge in [-0.3, -0.25) is 0 Å². The normalized spacial score (nSPS) is 15.0. The molecule has 0 saturated carbocycles. The van der Waals surface area contributed by atoms with Crippen molar-refractivity contribution in [3.63, 3.8) is 0 Å². The van der Waals surface area contributed by atoms with E-state index in [4.69, 9.17) is 4.42 Å². The molecule has 0 N–H and O–H groups in total. The summed E-state index contributed by atoms with van der Waals surface area (Å²) >= 11 is 0. The molecule has 0 unspecified atom stereocenters. The first-order chi connectivity index (χ1) is 4.97. The number of hydrogen-bond donors (Lipinski definition) is 0. The molecule has 0 aliphatic carbocycles. The summed E-state index contributed by atoms with van der Waals surface area (Å²) < 4.78 is 4.86. The van der Waals surface area contributed by atoms with Gasteiger partial charge in [0.05, 0.1) is 11.8 Å². The van der Waals surface area contributed by atoms with Gasteiger partial charge in [0.15, 0.2) is 5.84 Å². The Balaban J connectivity index is 2.30. The minimum Gasteiger partial charge on any atom is -0.472 e. The maximum atomic E-state index is 4.86. The highest BCUT2D eigenvalue weighted by molar-refractivity contribution is 6.00. The topological polar surface area (TPSA) is 39.6 Å². The summed E-state index contributed by atoms with van der Waals surface area (Å²) in [7, 11) is 0. The number of aliphatic imine (C=N–C) groups is 1. The van der Waals surface area contributed by atoms with Crippen LogP contribution in [0.3, 0.4) is 0 Å². The van der Waals surface area contributed by atoms with Gasteiger partial charge in [0.25, 0.3) is 0 Å². The van der Waals surface area contributed by atoms with Crippen LogP contribution in [0.1, 0.15) is 5.56 Å². The average molecular weight is 133 g/mol. The Kier molecular flexibility index (Phi) is 1.07. The molecule has 0 fully saturated rings. The van der Waals surface area contributed by atoms with E-state index in [0.29, 0.717) is 5.84 Å². The van der Waals surface area contributed by atoms with E-state index in [1.165, 1.54) is 0 Å². The van der Waals surface area contributed by atoms with Gasteiger partial charge in [-0.15, -0.1) is 0 Å². The van der Waals surface area contributed by atoms with Crippen LogP contribution in [0, 0.1) is 0 Å². The van der Waals surface area contributed by atoms with Crippen LogP contribution < -0.4 is 5.32 Å². The Morgan fingerprint density at radius 2 is 2.30 bits per heavy atom. The van der Waals surface area contributed by atoms with E-state index in [-0.39, 0.29) is 0 Å². The van der Waals surface area contributed by atoms with E-state index in [2.05, 4.69) is 10.3 Å². The first kappa shape index (κ1) is 5.29. The maximum absolute atomic E-state index is 4.86. The molecule has 0 saturated heterocycles. The highest BCUT2D eigenvalue weighted by Gasteiger charge is 2.05. The van der Waals surface area contributed by atoms with Gasteiger partial charge in [-0.1, -0.05) is 0 Å². The first-order valence-corrected chi connectivity index (χ1v) is 2.93. The molecule has 2 heterocycles. The van der Waals surface area contributed by atoms with Gasteiger partial charge in [0, 0.05) is 12.4 Å². The quantitative estimate of drug-likeness (QED) is 0.565. The van der Waals surface area contributed by atoms with Crippen molar-refractivity contribution in [1.82, 2.24) is 5.32 Å². The van der Waals surface area contributed by atoms with E-state index in [0.717, 1.165) is 5.56 Å². The van der Waals surface area contributed by atoms with E-state index < -0.39 is 0 Å². The number of rotatable bonds is 1. The molecule has 3 nitrogen and oxygen atoms in total. The van der Waals surface area contributed by atoms with Crippen LogP contribution in [-0.2, 0) is 0 Å². The molecule has 1 aliphatic rings. The Hall–Kier alpha value is -1.51. The predicted molar refractivity (Wildman–Crippen MR) is 36.5 cm³/mol. The van der Waals surface area contributed by atoms with Crippen molar-refractivity contribution in [3.05, 3.63) is 36.6 Å². The summed E-state index contributed by atoms with van der Waals surface area (Å²) in [4.78, 5) is 3.99. The lowest BCUT2D eigenvalue weighted by Crippen LogP contribution is -2.05. The standard InChI is InChI=1S/C7H5N2O/c1-4-10-5-6(1)7-8-2-3-9-7/h1-5H. The molecule has 2 rings (SSSR count). The molecule has 0 amide bonds. The van der Waals surface area contributed by atoms with Crippen LogP contribution in [0.25, 0.3) is 0 Å². The number of hydrogen-bond acceptors (Lipinski definition) is 2. The number of amidine groups is 1. The zero-order valence-electron chi connectivity index (χ0n) is 5.19. The highest BCUT2D eigenvalue weighted by Crippen LogP contribution is 2.04. The monoisotopic (exact) mass is 133 g/mol. The lowest BCUT2D eigenvalue weighted by Gasteiger charge is -1.89. The van der Waals surface area contributed by atoms with Crippen molar-refractivity contribution >= 4 is 5.84 Å². The zero-order valence-corrected chi connectivity index (χ0v) is 5.19. The van der Waals surface area contributed by atoms with E-state index >= 15 is 0 Å². The number of furan rings is 1. The minimum atomic E-state index is 0.716. The molecule has 0 bridgehead atoms. The first-order valence-electron chi connectivity index (χ1n) is 2.93. The molecule has 1 aromatic rings. The van der Waals surface area contributed by atoms with Gasteiger partial charge in [-0.2, -0.15) is 0 Å². The summed E-state index contributed by atoms with van der Waals surface area (Å²) in [6.45, 7) is 0. The predicted octanol–water partition coefficient (Wildman–Crippen LogP) is 1.12. The molecule has 49 valence electrons. The third kappa shape index (κ3) is 0.719. The van der Waals surface area contributed by atoms with Gasteiger partial charge in [0.2, 0.25) is 0 Å². The van der Waals surface area contributed by atoms with E-state index in [9.17, 15) is 0 Å². The molecule has 1 radical (unpaired) electrons. The summed E-state index contributed by atoms with van der Waals surface area (Å²) in [5.74, 6) is 0.716. The molecule has 1 aliphatic heterocycles. The largest absolute Gasteiger partial charge is 0.472 e. The molecular formula is C7H5N2O. The van der Waals surface area contributed by atoms with Crippen molar-refractivity contribution in [3.8, 4) is 0 Å². The zero-order chi connectivity index (χ0) is 6.81. The van der Waals surface area contributed by atoms with Crippen molar-refractivity contribution in [2.75, 3.05) is 0 Å². The van der Waals surface area contributed by atoms with E-state index in [1.807, 2.05) is 6.07 Å².